The van der Waals surface area contributed by atoms with Crippen molar-refractivity contribution in [3.63, 3.8) is 0 Å². The summed E-state index contributed by atoms with van der Waals surface area (Å²) in [6, 6.07) is 14.3. The Kier molecular flexibility index (Phi) is 6.20. The fraction of sp³-hybridized carbons (Fsp3) is 0.435. The second kappa shape index (κ2) is 9.18. The number of nitrogens with one attached hydrogen (secondary N) is 2. The minimum absolute atomic E-state index is 0.0622. The first-order chi connectivity index (χ1) is 14.2. The van der Waals surface area contributed by atoms with E-state index in [1.807, 2.05) is 30.3 Å². The number of carbonyl (C=O) groups is 1. The number of rotatable bonds is 6. The Morgan fingerprint density at radius 2 is 1.97 bits per heavy atom. The van der Waals surface area contributed by atoms with E-state index in [0.29, 0.717) is 32.3 Å². The zero-order valence-corrected chi connectivity index (χ0v) is 16.9. The number of hydrogen-bond donors (Lipinski definition) is 2. The fourth-order valence-corrected chi connectivity index (χ4v) is 4.23. The summed E-state index contributed by atoms with van der Waals surface area (Å²) in [5.74, 6) is 2.51. The lowest BCUT2D eigenvalue weighted by Crippen LogP contribution is -3.11. The van der Waals surface area contributed by atoms with Gasteiger partial charge in [-0.05, 0) is 24.3 Å². The van der Waals surface area contributed by atoms with Gasteiger partial charge in [0, 0.05) is 36.9 Å². The molecule has 0 spiro atoms. The minimum Gasteiger partial charge on any atom is -0.496 e. The molecule has 2 aliphatic heterocycles. The van der Waals surface area contributed by atoms with Gasteiger partial charge >= 0.3 is 0 Å². The monoisotopic (exact) mass is 397 g/mol. The Morgan fingerprint density at radius 1 is 1.14 bits per heavy atom. The molecule has 6 heteroatoms. The van der Waals surface area contributed by atoms with E-state index in [9.17, 15) is 4.79 Å². The molecular formula is C23H29N2O4+. The molecular weight excluding hydrogens is 368 g/mol. The average molecular weight is 397 g/mol. The summed E-state index contributed by atoms with van der Waals surface area (Å²) >= 11 is 0. The summed E-state index contributed by atoms with van der Waals surface area (Å²) in [5.41, 5.74) is 2.21. The Hall–Kier alpha value is -2.73. The van der Waals surface area contributed by atoms with E-state index < -0.39 is 0 Å². The second-order valence-corrected chi connectivity index (χ2v) is 7.63. The summed E-state index contributed by atoms with van der Waals surface area (Å²) in [6.07, 6.45) is 3.10. The van der Waals surface area contributed by atoms with Crippen LogP contribution in [0.5, 0.6) is 17.2 Å². The Bertz CT molecular complexity index is 855. The van der Waals surface area contributed by atoms with Gasteiger partial charge in [0.15, 0.2) is 18.0 Å². The van der Waals surface area contributed by atoms with Crippen LogP contribution in [0.4, 0.5) is 0 Å². The maximum atomic E-state index is 12.6. The van der Waals surface area contributed by atoms with Crippen molar-refractivity contribution < 1.29 is 23.9 Å². The molecule has 2 atom stereocenters. The van der Waals surface area contributed by atoms with Crippen molar-refractivity contribution in [3.05, 3.63) is 53.6 Å². The molecule has 0 aliphatic carbocycles. The van der Waals surface area contributed by atoms with Gasteiger partial charge in [-0.25, -0.2) is 0 Å². The number of fused-ring (bicyclic) bond motifs is 1. The van der Waals surface area contributed by atoms with Gasteiger partial charge in [0.2, 0.25) is 0 Å². The third kappa shape index (κ3) is 4.65. The number of hydrogen-bond acceptors (Lipinski definition) is 4. The average Bonchev–Trinajstić information content (AvgIpc) is 3.07. The summed E-state index contributed by atoms with van der Waals surface area (Å²) in [4.78, 5) is 13.9. The lowest BCUT2D eigenvalue weighted by Gasteiger charge is -2.22. The van der Waals surface area contributed by atoms with Crippen LogP contribution in [0, 0.1) is 0 Å². The van der Waals surface area contributed by atoms with Gasteiger partial charge in [-0.1, -0.05) is 18.2 Å². The highest BCUT2D eigenvalue weighted by molar-refractivity contribution is 5.76. The molecule has 2 heterocycles. The molecule has 1 amide bonds. The molecule has 4 rings (SSSR count). The van der Waals surface area contributed by atoms with Gasteiger partial charge in [-0.15, -0.1) is 0 Å². The number of amides is 1. The molecule has 6 nitrogen and oxygen atoms in total. The SMILES string of the molecule is COc1ccccc1CNC(=O)C[NH+]1CCC[C@@H]1c1ccc2c(c1)OCCCO2. The van der Waals surface area contributed by atoms with Crippen LogP contribution in [0.1, 0.15) is 36.4 Å². The van der Waals surface area contributed by atoms with E-state index >= 15 is 0 Å². The molecule has 154 valence electrons. The number of para-hydroxylation sites is 1. The van der Waals surface area contributed by atoms with Gasteiger partial charge in [-0.3, -0.25) is 4.79 Å². The second-order valence-electron chi connectivity index (χ2n) is 7.63. The molecule has 1 unspecified atom stereocenters. The molecule has 1 saturated heterocycles. The number of likely N-dealkylation sites (tertiary alicyclic amines) is 1. The standard InChI is InChI=1S/C23H28N2O4/c1-27-20-8-3-2-6-18(20)15-24-23(26)16-25-11-4-7-19(25)17-9-10-21-22(14-17)29-13-5-12-28-21/h2-3,6,8-10,14,19H,4-5,7,11-13,15-16H2,1H3,(H,24,26)/p+1/t19-/m1/s1. The van der Waals surface area contributed by atoms with Crippen LogP contribution < -0.4 is 24.4 Å². The summed E-state index contributed by atoms with van der Waals surface area (Å²) in [5, 5.41) is 3.05. The first-order valence-electron chi connectivity index (χ1n) is 10.4. The van der Waals surface area contributed by atoms with Crippen LogP contribution in [-0.4, -0.2) is 39.3 Å². The number of ether oxygens (including phenoxy) is 3. The van der Waals surface area contributed by atoms with Crippen molar-refractivity contribution in [2.45, 2.75) is 31.8 Å². The number of carbonyl (C=O) groups excluding carboxylic acids is 1. The van der Waals surface area contributed by atoms with Crippen LogP contribution in [0.3, 0.4) is 0 Å². The van der Waals surface area contributed by atoms with Crippen molar-refractivity contribution in [3.8, 4) is 17.2 Å². The predicted molar refractivity (Wildman–Crippen MR) is 110 cm³/mol. The molecule has 0 aromatic heterocycles. The lowest BCUT2D eigenvalue weighted by atomic mass is 10.0. The molecule has 2 aliphatic rings. The first-order valence-corrected chi connectivity index (χ1v) is 10.4. The van der Waals surface area contributed by atoms with Crippen LogP contribution in [-0.2, 0) is 11.3 Å². The van der Waals surface area contributed by atoms with E-state index in [-0.39, 0.29) is 5.91 Å². The topological polar surface area (TPSA) is 61.2 Å². The van der Waals surface area contributed by atoms with Crippen molar-refractivity contribution >= 4 is 5.91 Å². The maximum Gasteiger partial charge on any atom is 0.275 e. The molecule has 2 aromatic carbocycles. The van der Waals surface area contributed by atoms with Gasteiger partial charge < -0.3 is 24.4 Å². The quantitative estimate of drug-likeness (QED) is 0.782. The molecule has 2 aromatic rings. The van der Waals surface area contributed by atoms with Crippen molar-refractivity contribution in [2.75, 3.05) is 33.4 Å². The molecule has 29 heavy (non-hydrogen) atoms. The summed E-state index contributed by atoms with van der Waals surface area (Å²) < 4.78 is 17.0. The third-order valence-electron chi connectivity index (χ3n) is 5.71. The Morgan fingerprint density at radius 3 is 2.83 bits per heavy atom. The fourth-order valence-electron chi connectivity index (χ4n) is 4.23. The lowest BCUT2D eigenvalue weighted by molar-refractivity contribution is -0.910. The van der Waals surface area contributed by atoms with Crippen molar-refractivity contribution in [1.29, 1.82) is 0 Å². The summed E-state index contributed by atoms with van der Waals surface area (Å²) in [6.45, 7) is 3.32. The van der Waals surface area contributed by atoms with E-state index in [1.165, 1.54) is 10.5 Å². The normalized spacial score (nSPS) is 20.7. The third-order valence-corrected chi connectivity index (χ3v) is 5.71. The number of quaternary nitrogens is 1. The smallest absolute Gasteiger partial charge is 0.275 e. The number of methoxy groups -OCH3 is 1. The molecule has 2 N–H and O–H groups in total. The highest BCUT2D eigenvalue weighted by Gasteiger charge is 2.32. The van der Waals surface area contributed by atoms with E-state index in [0.717, 1.165) is 48.6 Å². The van der Waals surface area contributed by atoms with Crippen LogP contribution in [0.15, 0.2) is 42.5 Å². The number of benzene rings is 2. The predicted octanol–water partition coefficient (Wildman–Crippen LogP) is 1.89. The van der Waals surface area contributed by atoms with Crippen LogP contribution in [0.2, 0.25) is 0 Å². The molecule has 0 bridgehead atoms. The molecule has 0 saturated carbocycles. The van der Waals surface area contributed by atoms with Gasteiger partial charge in [0.05, 0.1) is 26.9 Å². The van der Waals surface area contributed by atoms with Gasteiger partial charge in [0.25, 0.3) is 5.91 Å². The highest BCUT2D eigenvalue weighted by atomic mass is 16.5. The zero-order valence-electron chi connectivity index (χ0n) is 16.9. The zero-order chi connectivity index (χ0) is 20.1. The Labute approximate surface area is 171 Å². The molecule has 1 fully saturated rings. The maximum absolute atomic E-state index is 12.6. The largest absolute Gasteiger partial charge is 0.496 e. The minimum atomic E-state index is 0.0622. The highest BCUT2D eigenvalue weighted by Crippen LogP contribution is 2.33. The van der Waals surface area contributed by atoms with Crippen LogP contribution in [0.25, 0.3) is 0 Å². The summed E-state index contributed by atoms with van der Waals surface area (Å²) in [7, 11) is 1.65. The van der Waals surface area contributed by atoms with Crippen molar-refractivity contribution in [1.82, 2.24) is 5.32 Å². The van der Waals surface area contributed by atoms with Crippen LogP contribution >= 0.6 is 0 Å². The first kappa shape index (κ1) is 19.6. The van der Waals surface area contributed by atoms with E-state index in [2.05, 4.69) is 17.4 Å². The molecule has 0 radical (unpaired) electrons. The van der Waals surface area contributed by atoms with Gasteiger partial charge in [-0.2, -0.15) is 0 Å². The Balaban J connectivity index is 1.38. The van der Waals surface area contributed by atoms with E-state index in [1.54, 1.807) is 7.11 Å². The van der Waals surface area contributed by atoms with Gasteiger partial charge in [0.1, 0.15) is 11.8 Å². The van der Waals surface area contributed by atoms with Crippen molar-refractivity contribution in [2.24, 2.45) is 0 Å². The van der Waals surface area contributed by atoms with E-state index in [4.69, 9.17) is 14.2 Å².